The first kappa shape index (κ1) is 21.7. The highest BCUT2D eigenvalue weighted by molar-refractivity contribution is 5.94. The van der Waals surface area contributed by atoms with Crippen LogP contribution < -0.4 is 5.32 Å². The minimum Gasteiger partial charge on any atom is -0.360 e. The number of hydrogen-bond acceptors (Lipinski definition) is 4. The average molecular weight is 352 g/mol. The van der Waals surface area contributed by atoms with Crippen molar-refractivity contribution in [3.05, 3.63) is 17.0 Å². The van der Waals surface area contributed by atoms with Crippen molar-refractivity contribution in [3.63, 3.8) is 0 Å². The second-order valence-electron chi connectivity index (χ2n) is 7.53. The Bertz CT molecular complexity index is 559. The van der Waals surface area contributed by atoms with Crippen LogP contribution in [0, 0.1) is 6.92 Å². The molecule has 1 heterocycles. The number of hydrogen-bond donors (Lipinski definition) is 1. The molecule has 0 aromatic carbocycles. The summed E-state index contributed by atoms with van der Waals surface area (Å²) in [5.41, 5.74) is 0.743. The van der Waals surface area contributed by atoms with Crippen molar-refractivity contribution in [1.29, 1.82) is 0 Å². The zero-order valence-electron chi connectivity index (χ0n) is 17.5. The topological polar surface area (TPSA) is 58.4 Å². The number of nitrogens with zero attached hydrogens (tertiary/aromatic N) is 2. The van der Waals surface area contributed by atoms with E-state index in [1.54, 1.807) is 0 Å². The summed E-state index contributed by atoms with van der Waals surface area (Å²) in [6.45, 7) is 15.8. The zero-order valence-corrected chi connectivity index (χ0v) is 17.5. The van der Waals surface area contributed by atoms with Gasteiger partial charge in [-0.3, -0.25) is 9.69 Å². The van der Waals surface area contributed by atoms with Crippen LogP contribution in [0.15, 0.2) is 4.52 Å². The molecule has 0 aliphatic carbocycles. The summed E-state index contributed by atoms with van der Waals surface area (Å²) < 4.78 is 5.30. The molecular formula is C20H37N3O2. The lowest BCUT2D eigenvalue weighted by atomic mass is 9.73. The third kappa shape index (κ3) is 4.25. The second kappa shape index (κ2) is 8.84. The smallest absolute Gasteiger partial charge is 0.274 e. The molecule has 0 spiro atoms. The first-order valence-corrected chi connectivity index (χ1v) is 9.69. The van der Waals surface area contributed by atoms with Gasteiger partial charge in [-0.2, -0.15) is 0 Å². The van der Waals surface area contributed by atoms with Gasteiger partial charge < -0.3 is 9.84 Å². The van der Waals surface area contributed by atoms with E-state index in [0.29, 0.717) is 5.69 Å². The number of amides is 1. The van der Waals surface area contributed by atoms with Crippen LogP contribution in [0.3, 0.4) is 0 Å². The first-order chi connectivity index (χ1) is 11.7. The first-order valence-electron chi connectivity index (χ1n) is 9.69. The average Bonchev–Trinajstić information content (AvgIpc) is 2.94. The predicted octanol–water partition coefficient (Wildman–Crippen LogP) is 4.34. The van der Waals surface area contributed by atoms with Crippen molar-refractivity contribution < 1.29 is 9.32 Å². The van der Waals surface area contributed by atoms with E-state index in [0.717, 1.165) is 43.6 Å². The Morgan fingerprint density at radius 1 is 1.20 bits per heavy atom. The lowest BCUT2D eigenvalue weighted by Gasteiger charge is -2.52. The van der Waals surface area contributed by atoms with Crippen molar-refractivity contribution in [2.75, 3.05) is 13.6 Å². The van der Waals surface area contributed by atoms with E-state index in [2.05, 4.69) is 57.0 Å². The minimum absolute atomic E-state index is 0.108. The molecule has 5 heteroatoms. The second-order valence-corrected chi connectivity index (χ2v) is 7.53. The predicted molar refractivity (Wildman–Crippen MR) is 103 cm³/mol. The molecule has 144 valence electrons. The fourth-order valence-corrected chi connectivity index (χ4v) is 4.13. The van der Waals surface area contributed by atoms with Crippen molar-refractivity contribution in [2.45, 2.75) is 91.6 Å². The highest BCUT2D eigenvalue weighted by atomic mass is 16.5. The number of likely N-dealkylation sites (N-methyl/N-ethyl adjacent to an activating group) is 1. The maximum Gasteiger partial charge on any atom is 0.274 e. The summed E-state index contributed by atoms with van der Waals surface area (Å²) in [6, 6.07) is 0. The normalized spacial score (nSPS) is 12.7. The van der Waals surface area contributed by atoms with E-state index in [1.807, 2.05) is 13.8 Å². The Morgan fingerprint density at radius 2 is 1.80 bits per heavy atom. The molecule has 5 nitrogen and oxygen atoms in total. The molecule has 0 atom stereocenters. The molecule has 0 unspecified atom stereocenters. The molecule has 1 rings (SSSR count). The third-order valence-electron chi connectivity index (χ3n) is 5.89. The van der Waals surface area contributed by atoms with E-state index in [1.165, 1.54) is 6.42 Å². The summed E-state index contributed by atoms with van der Waals surface area (Å²) >= 11 is 0. The molecule has 1 amide bonds. The number of aryl methyl sites for hydroxylation is 1. The third-order valence-corrected chi connectivity index (χ3v) is 5.89. The molecule has 0 bridgehead atoms. The summed E-state index contributed by atoms with van der Waals surface area (Å²) in [6.07, 6.45) is 5.00. The van der Waals surface area contributed by atoms with Crippen LogP contribution >= 0.6 is 0 Å². The van der Waals surface area contributed by atoms with Gasteiger partial charge in [0.15, 0.2) is 5.69 Å². The minimum atomic E-state index is -0.395. The van der Waals surface area contributed by atoms with Gasteiger partial charge in [-0.25, -0.2) is 0 Å². The van der Waals surface area contributed by atoms with Crippen LogP contribution in [0.5, 0.6) is 0 Å². The van der Waals surface area contributed by atoms with Gasteiger partial charge in [0, 0.05) is 17.5 Å². The SMILES string of the molecule is CCCCN(C)C(CC)(CC)C(C)(C)NC(=O)c1noc(CC)c1C. The summed E-state index contributed by atoms with van der Waals surface area (Å²) in [7, 11) is 2.17. The quantitative estimate of drug-likeness (QED) is 0.681. The van der Waals surface area contributed by atoms with Crippen molar-refractivity contribution in [2.24, 2.45) is 0 Å². The lowest BCUT2D eigenvalue weighted by molar-refractivity contribution is 0.0199. The van der Waals surface area contributed by atoms with E-state index in [4.69, 9.17) is 4.52 Å². The fraction of sp³-hybridized carbons (Fsp3) is 0.800. The summed E-state index contributed by atoms with van der Waals surface area (Å²) in [5, 5.41) is 7.25. The van der Waals surface area contributed by atoms with E-state index >= 15 is 0 Å². The van der Waals surface area contributed by atoms with Crippen LogP contribution in [0.1, 0.15) is 89.0 Å². The Labute approximate surface area is 153 Å². The van der Waals surface area contributed by atoms with Gasteiger partial charge >= 0.3 is 0 Å². The van der Waals surface area contributed by atoms with Gasteiger partial charge in [0.2, 0.25) is 0 Å². The maximum absolute atomic E-state index is 12.9. The van der Waals surface area contributed by atoms with E-state index in [9.17, 15) is 4.79 Å². The van der Waals surface area contributed by atoms with Crippen molar-refractivity contribution >= 4 is 5.91 Å². The molecule has 1 aromatic heterocycles. The number of carbonyl (C=O) groups excluding carboxylic acids is 1. The lowest BCUT2D eigenvalue weighted by Crippen LogP contribution is -2.67. The van der Waals surface area contributed by atoms with Gasteiger partial charge in [-0.05, 0) is 53.6 Å². The number of aromatic nitrogens is 1. The van der Waals surface area contributed by atoms with Gasteiger partial charge in [0.25, 0.3) is 5.91 Å². The molecule has 0 saturated heterocycles. The van der Waals surface area contributed by atoms with Gasteiger partial charge in [-0.1, -0.05) is 39.3 Å². The molecule has 25 heavy (non-hydrogen) atoms. The Morgan fingerprint density at radius 3 is 2.24 bits per heavy atom. The van der Waals surface area contributed by atoms with Crippen molar-refractivity contribution in [3.8, 4) is 0 Å². The molecular weight excluding hydrogens is 314 g/mol. The largest absolute Gasteiger partial charge is 0.360 e. The summed E-state index contributed by atoms with van der Waals surface area (Å²) in [5.74, 6) is 0.626. The molecule has 0 aliphatic heterocycles. The standard InChI is InChI=1S/C20H37N3O2/c1-9-13-14-23(8)20(11-3,12-4)19(6,7)21-18(24)17-15(5)16(10-2)25-22-17/h9-14H2,1-8H3,(H,21,24). The summed E-state index contributed by atoms with van der Waals surface area (Å²) in [4.78, 5) is 15.3. The van der Waals surface area contributed by atoms with Crippen LogP contribution in [-0.4, -0.2) is 40.6 Å². The molecule has 1 N–H and O–H groups in total. The van der Waals surface area contributed by atoms with Crippen LogP contribution in [-0.2, 0) is 6.42 Å². The maximum atomic E-state index is 12.9. The molecule has 0 saturated carbocycles. The Balaban J connectivity index is 3.09. The molecule has 0 fully saturated rings. The highest BCUT2D eigenvalue weighted by Crippen LogP contribution is 2.35. The van der Waals surface area contributed by atoms with Gasteiger partial charge in [-0.15, -0.1) is 0 Å². The van der Waals surface area contributed by atoms with Gasteiger partial charge in [0.1, 0.15) is 5.76 Å². The zero-order chi connectivity index (χ0) is 19.3. The monoisotopic (exact) mass is 351 g/mol. The van der Waals surface area contributed by atoms with Crippen molar-refractivity contribution in [1.82, 2.24) is 15.4 Å². The van der Waals surface area contributed by atoms with Crippen LogP contribution in [0.25, 0.3) is 0 Å². The van der Waals surface area contributed by atoms with E-state index in [-0.39, 0.29) is 11.4 Å². The van der Waals surface area contributed by atoms with Gasteiger partial charge in [0.05, 0.1) is 5.54 Å². The van der Waals surface area contributed by atoms with Crippen LogP contribution in [0.4, 0.5) is 0 Å². The Hall–Kier alpha value is -1.36. The molecule has 0 aliphatic rings. The Kier molecular flexibility index (Phi) is 7.66. The molecule has 1 aromatic rings. The number of carbonyl (C=O) groups is 1. The number of nitrogens with one attached hydrogen (secondary N) is 1. The molecule has 0 radical (unpaired) electrons. The van der Waals surface area contributed by atoms with Crippen LogP contribution in [0.2, 0.25) is 0 Å². The number of unbranched alkanes of at least 4 members (excludes halogenated alkanes) is 1. The number of rotatable bonds is 10. The highest BCUT2D eigenvalue weighted by Gasteiger charge is 2.46. The fourth-order valence-electron chi connectivity index (χ4n) is 4.13. The van der Waals surface area contributed by atoms with E-state index < -0.39 is 5.54 Å².